The molecule has 3 aromatic carbocycles. The van der Waals surface area contributed by atoms with Gasteiger partial charge in [0.15, 0.2) is 0 Å². The average Bonchev–Trinajstić information content (AvgIpc) is 3.48. The van der Waals surface area contributed by atoms with Crippen molar-refractivity contribution in [1.82, 2.24) is 25.5 Å². The van der Waals surface area contributed by atoms with Crippen molar-refractivity contribution in [1.29, 1.82) is 0 Å². The highest BCUT2D eigenvalue weighted by Crippen LogP contribution is 2.21. The van der Waals surface area contributed by atoms with Gasteiger partial charge in [0.2, 0.25) is 11.8 Å². The number of hydrogen-bond acceptors (Lipinski definition) is 7. The second-order valence-electron chi connectivity index (χ2n) is 8.34. The second-order valence-corrected chi connectivity index (χ2v) is 8.78. The van der Waals surface area contributed by atoms with E-state index < -0.39 is 29.8 Å². The molecule has 4 rings (SSSR count). The summed E-state index contributed by atoms with van der Waals surface area (Å²) in [6.07, 6.45) is 3.53. The first-order valence-electron chi connectivity index (χ1n) is 11.8. The molecule has 0 spiro atoms. The van der Waals surface area contributed by atoms with E-state index in [4.69, 9.17) is 11.6 Å². The molecule has 1 unspecified atom stereocenters. The fraction of sp³-hybridized carbons (Fsp3) is 0.111. The Morgan fingerprint density at radius 3 is 2.58 bits per heavy atom. The van der Waals surface area contributed by atoms with E-state index in [0.717, 1.165) is 18.7 Å². The van der Waals surface area contributed by atoms with Crippen LogP contribution in [0.4, 0.5) is 20.6 Å². The molecule has 0 aliphatic heterocycles. The van der Waals surface area contributed by atoms with Gasteiger partial charge >= 0.3 is 6.09 Å². The molecule has 40 heavy (non-hydrogen) atoms. The van der Waals surface area contributed by atoms with Crippen molar-refractivity contribution in [3.63, 3.8) is 0 Å². The van der Waals surface area contributed by atoms with Gasteiger partial charge in [0.05, 0.1) is 18.5 Å². The minimum Gasteiger partial charge on any atom is -0.453 e. The van der Waals surface area contributed by atoms with E-state index in [1.54, 1.807) is 18.2 Å². The quantitative estimate of drug-likeness (QED) is 0.261. The summed E-state index contributed by atoms with van der Waals surface area (Å²) in [7, 11) is 1.15. The van der Waals surface area contributed by atoms with Crippen LogP contribution in [0, 0.1) is 5.82 Å². The fourth-order valence-electron chi connectivity index (χ4n) is 3.67. The standard InChI is InChI=1S/C27H23ClFN7O4/c1-40-27(39)33-22-10-9-20(15-21(22)29)31-26(38)23(13-17-5-3-2-4-6-17)32-25(37)12-7-18-14-19(28)8-11-24(18)36-16-30-34-35-36/h2-12,14-16,23H,13H2,1H3,(H,31,38)(H,32,37)(H,33,39). The minimum absolute atomic E-state index is 0.119. The summed E-state index contributed by atoms with van der Waals surface area (Å²) in [6.45, 7) is 0. The molecule has 204 valence electrons. The van der Waals surface area contributed by atoms with Crippen LogP contribution in [0.5, 0.6) is 0 Å². The van der Waals surface area contributed by atoms with Crippen LogP contribution in [-0.2, 0) is 20.7 Å². The Labute approximate surface area is 233 Å². The summed E-state index contributed by atoms with van der Waals surface area (Å²) in [5.74, 6) is -1.91. The molecule has 1 aromatic heterocycles. The Morgan fingerprint density at radius 1 is 1.07 bits per heavy atom. The van der Waals surface area contributed by atoms with Crippen LogP contribution in [0.15, 0.2) is 79.1 Å². The number of halogens is 2. The second kappa shape index (κ2) is 13.1. The average molecular weight is 564 g/mol. The van der Waals surface area contributed by atoms with Gasteiger partial charge in [0.1, 0.15) is 18.2 Å². The van der Waals surface area contributed by atoms with Gasteiger partial charge in [-0.25, -0.2) is 9.18 Å². The maximum absolute atomic E-state index is 14.5. The highest BCUT2D eigenvalue weighted by atomic mass is 35.5. The SMILES string of the molecule is COC(=O)Nc1ccc(NC(=O)C(Cc2ccccc2)NC(=O)C=Cc2cc(Cl)ccc2-n2cnnn2)cc1F. The van der Waals surface area contributed by atoms with Crippen LogP contribution in [0.2, 0.25) is 5.02 Å². The van der Waals surface area contributed by atoms with Gasteiger partial charge in [-0.2, -0.15) is 4.68 Å². The molecule has 3 amide bonds. The van der Waals surface area contributed by atoms with Crippen molar-refractivity contribution in [2.45, 2.75) is 12.5 Å². The van der Waals surface area contributed by atoms with Crippen molar-refractivity contribution in [2.75, 3.05) is 17.7 Å². The lowest BCUT2D eigenvalue weighted by atomic mass is 10.0. The number of carbonyl (C=O) groups is 3. The number of anilines is 2. The number of tetrazole rings is 1. The Hall–Kier alpha value is -5.10. The largest absolute Gasteiger partial charge is 0.453 e. The van der Waals surface area contributed by atoms with Gasteiger partial charge in [-0.1, -0.05) is 41.9 Å². The zero-order valence-electron chi connectivity index (χ0n) is 21.0. The summed E-state index contributed by atoms with van der Waals surface area (Å²) in [4.78, 5) is 37.5. The van der Waals surface area contributed by atoms with E-state index in [-0.39, 0.29) is 17.8 Å². The number of ether oxygens (including phenoxy) is 1. The van der Waals surface area contributed by atoms with E-state index in [2.05, 4.69) is 36.2 Å². The lowest BCUT2D eigenvalue weighted by molar-refractivity contribution is -0.123. The summed E-state index contributed by atoms with van der Waals surface area (Å²) >= 11 is 6.14. The number of amides is 3. The predicted molar refractivity (Wildman–Crippen MR) is 146 cm³/mol. The molecular formula is C27H23ClFN7O4. The lowest BCUT2D eigenvalue weighted by Crippen LogP contribution is -2.44. The molecule has 11 nitrogen and oxygen atoms in total. The monoisotopic (exact) mass is 563 g/mol. The Morgan fingerprint density at radius 2 is 1.88 bits per heavy atom. The zero-order valence-corrected chi connectivity index (χ0v) is 21.8. The molecule has 3 N–H and O–H groups in total. The lowest BCUT2D eigenvalue weighted by Gasteiger charge is -2.18. The van der Waals surface area contributed by atoms with Gasteiger partial charge < -0.3 is 15.4 Å². The number of benzene rings is 3. The van der Waals surface area contributed by atoms with Gasteiger partial charge in [-0.05, 0) is 58.5 Å². The third-order valence-corrected chi connectivity index (χ3v) is 5.81. The smallest absolute Gasteiger partial charge is 0.411 e. The van der Waals surface area contributed by atoms with E-state index in [1.165, 1.54) is 35.3 Å². The molecule has 0 saturated heterocycles. The topological polar surface area (TPSA) is 140 Å². The van der Waals surface area contributed by atoms with Crippen molar-refractivity contribution in [3.05, 3.63) is 101 Å². The molecule has 0 fully saturated rings. The number of methoxy groups -OCH3 is 1. The molecule has 0 saturated carbocycles. The summed E-state index contributed by atoms with van der Waals surface area (Å²) in [5, 5.41) is 19.1. The van der Waals surface area contributed by atoms with Gasteiger partial charge in [-0.3, -0.25) is 14.9 Å². The van der Waals surface area contributed by atoms with E-state index >= 15 is 0 Å². The fourth-order valence-corrected chi connectivity index (χ4v) is 3.85. The maximum Gasteiger partial charge on any atom is 0.411 e. The first kappa shape index (κ1) is 27.9. The highest BCUT2D eigenvalue weighted by Gasteiger charge is 2.21. The van der Waals surface area contributed by atoms with Crippen LogP contribution >= 0.6 is 11.6 Å². The summed E-state index contributed by atoms with van der Waals surface area (Å²) < 4.78 is 20.3. The Balaban J connectivity index is 1.51. The number of nitrogens with zero attached hydrogens (tertiary/aromatic N) is 4. The molecule has 4 aromatic rings. The van der Waals surface area contributed by atoms with Crippen LogP contribution in [-0.4, -0.2) is 51.3 Å². The molecule has 1 atom stereocenters. The van der Waals surface area contributed by atoms with Crippen molar-refractivity contribution < 1.29 is 23.5 Å². The van der Waals surface area contributed by atoms with Crippen molar-refractivity contribution in [2.24, 2.45) is 0 Å². The van der Waals surface area contributed by atoms with Crippen molar-refractivity contribution >= 4 is 47.0 Å². The number of carbonyl (C=O) groups excluding carboxylic acids is 3. The van der Waals surface area contributed by atoms with Gasteiger partial charge in [0, 0.05) is 28.8 Å². The molecule has 1 heterocycles. The maximum atomic E-state index is 14.5. The molecule has 0 aliphatic rings. The predicted octanol–water partition coefficient (Wildman–Crippen LogP) is 4.01. The third-order valence-electron chi connectivity index (χ3n) is 5.57. The normalized spacial score (nSPS) is 11.6. The van der Waals surface area contributed by atoms with E-state index in [1.807, 2.05) is 30.3 Å². The summed E-state index contributed by atoms with van der Waals surface area (Å²) in [5.41, 5.74) is 1.96. The van der Waals surface area contributed by atoms with Crippen molar-refractivity contribution in [3.8, 4) is 5.69 Å². The van der Waals surface area contributed by atoms with Crippen LogP contribution in [0.3, 0.4) is 0 Å². The first-order chi connectivity index (χ1) is 19.3. The van der Waals surface area contributed by atoms with Crippen LogP contribution in [0.25, 0.3) is 11.8 Å². The first-order valence-corrected chi connectivity index (χ1v) is 12.2. The number of hydrogen-bond donors (Lipinski definition) is 3. The number of aromatic nitrogens is 4. The molecule has 0 radical (unpaired) electrons. The van der Waals surface area contributed by atoms with E-state index in [9.17, 15) is 18.8 Å². The number of rotatable bonds is 9. The molecule has 0 aliphatic carbocycles. The Kier molecular flexibility index (Phi) is 9.15. The van der Waals surface area contributed by atoms with Crippen LogP contribution in [0.1, 0.15) is 11.1 Å². The molecule has 13 heteroatoms. The van der Waals surface area contributed by atoms with Gasteiger partial charge in [0.25, 0.3) is 0 Å². The number of nitrogens with one attached hydrogen (secondary N) is 3. The van der Waals surface area contributed by atoms with E-state index in [0.29, 0.717) is 16.3 Å². The summed E-state index contributed by atoms with van der Waals surface area (Å²) in [6, 6.07) is 16.8. The highest BCUT2D eigenvalue weighted by molar-refractivity contribution is 6.30. The molecular weight excluding hydrogens is 541 g/mol. The Bertz CT molecular complexity index is 1530. The van der Waals surface area contributed by atoms with Gasteiger partial charge in [-0.15, -0.1) is 5.10 Å². The third kappa shape index (κ3) is 7.48. The van der Waals surface area contributed by atoms with Crippen LogP contribution < -0.4 is 16.0 Å². The zero-order chi connectivity index (χ0) is 28.5. The molecule has 0 bridgehead atoms. The minimum atomic E-state index is -1.01.